The summed E-state index contributed by atoms with van der Waals surface area (Å²) in [7, 11) is 0. The second kappa shape index (κ2) is 8.75. The van der Waals surface area contributed by atoms with Crippen LogP contribution in [0.5, 0.6) is 5.75 Å². The molecule has 0 atom stereocenters. The Balaban J connectivity index is 1.56. The lowest BCUT2D eigenvalue weighted by Crippen LogP contribution is -2.19. The van der Waals surface area contributed by atoms with E-state index in [1.807, 2.05) is 36.4 Å². The summed E-state index contributed by atoms with van der Waals surface area (Å²) in [6, 6.07) is 18.4. The molecule has 0 spiro atoms. The van der Waals surface area contributed by atoms with Gasteiger partial charge < -0.3 is 15.3 Å². The highest BCUT2D eigenvalue weighted by Crippen LogP contribution is 2.25. The summed E-state index contributed by atoms with van der Waals surface area (Å²) >= 11 is 11.9. The van der Waals surface area contributed by atoms with Gasteiger partial charge in [0.05, 0.1) is 0 Å². The third-order valence-electron chi connectivity index (χ3n) is 3.75. The van der Waals surface area contributed by atoms with Crippen LogP contribution in [0.15, 0.2) is 65.8 Å². The van der Waals surface area contributed by atoms with Crippen molar-refractivity contribution >= 4 is 45.8 Å². The molecular weight excluding hydrogens is 387 g/mol. The molecule has 0 saturated carbocycles. The number of rotatable bonds is 6. The van der Waals surface area contributed by atoms with Gasteiger partial charge in [0.25, 0.3) is 0 Å². The second-order valence-electron chi connectivity index (χ2n) is 5.72. The average molecular weight is 403 g/mol. The molecule has 0 fully saturated rings. The Morgan fingerprint density at radius 3 is 2.63 bits per heavy atom. The van der Waals surface area contributed by atoms with Gasteiger partial charge in [0, 0.05) is 21.9 Å². The monoisotopic (exact) mass is 402 g/mol. The van der Waals surface area contributed by atoms with E-state index in [2.05, 4.69) is 5.16 Å². The number of fused-ring (bicyclic) bond motifs is 1. The Bertz CT molecular complexity index is 1000. The van der Waals surface area contributed by atoms with Crippen LogP contribution in [-0.4, -0.2) is 18.4 Å². The first-order valence-electron chi connectivity index (χ1n) is 8.09. The van der Waals surface area contributed by atoms with Crippen molar-refractivity contribution < 1.29 is 14.4 Å². The molecule has 0 saturated heterocycles. The molecule has 0 bridgehead atoms. The highest BCUT2D eigenvalue weighted by molar-refractivity contribution is 6.35. The number of benzene rings is 3. The lowest BCUT2D eigenvalue weighted by atomic mass is 10.1. The molecule has 0 unspecified atom stereocenters. The molecule has 7 heteroatoms. The van der Waals surface area contributed by atoms with Crippen LogP contribution in [0, 0.1) is 0 Å². The third kappa shape index (κ3) is 5.12. The van der Waals surface area contributed by atoms with Crippen LogP contribution in [0.25, 0.3) is 10.8 Å². The molecule has 2 N–H and O–H groups in total. The van der Waals surface area contributed by atoms with Crippen molar-refractivity contribution in [3.05, 3.63) is 76.3 Å². The number of hydrogen-bond donors (Lipinski definition) is 1. The largest absolute Gasteiger partial charge is 0.481 e. The molecule has 27 heavy (non-hydrogen) atoms. The maximum absolute atomic E-state index is 11.9. The van der Waals surface area contributed by atoms with E-state index in [1.54, 1.807) is 24.3 Å². The number of ether oxygens (including phenoxy) is 1. The van der Waals surface area contributed by atoms with Gasteiger partial charge in [-0.3, -0.25) is 0 Å². The van der Waals surface area contributed by atoms with E-state index in [0.717, 1.165) is 16.3 Å². The fourth-order valence-corrected chi connectivity index (χ4v) is 2.96. The maximum atomic E-state index is 11.9. The molecular formula is C20H16Cl2N2O3. The molecule has 3 rings (SSSR count). The van der Waals surface area contributed by atoms with Gasteiger partial charge >= 0.3 is 5.97 Å². The molecule has 0 aliphatic rings. The van der Waals surface area contributed by atoms with Crippen molar-refractivity contribution in [1.29, 1.82) is 0 Å². The molecule has 0 aliphatic heterocycles. The topological polar surface area (TPSA) is 73.9 Å². The van der Waals surface area contributed by atoms with Gasteiger partial charge in [0.2, 0.25) is 0 Å². The van der Waals surface area contributed by atoms with Crippen molar-refractivity contribution in [3.63, 3.8) is 0 Å². The van der Waals surface area contributed by atoms with Crippen LogP contribution in [0.1, 0.15) is 5.56 Å². The first-order valence-corrected chi connectivity index (χ1v) is 8.85. The second-order valence-corrected chi connectivity index (χ2v) is 6.57. The summed E-state index contributed by atoms with van der Waals surface area (Å²) in [5, 5.41) is 6.55. The summed E-state index contributed by atoms with van der Waals surface area (Å²) in [6.45, 7) is -0.285. The number of hydrogen-bond acceptors (Lipinski definition) is 4. The molecule has 0 heterocycles. The average Bonchev–Trinajstić information content (AvgIpc) is 2.67. The zero-order valence-corrected chi connectivity index (χ0v) is 15.7. The standard InChI is InChI=1S/C20H16Cl2N2O3/c21-15-9-8-14(17(22)11-15)10-19(23)24-27-20(25)12-26-18-7-3-5-13-4-1-2-6-16(13)18/h1-9,11H,10,12H2,(H2,23,24). The summed E-state index contributed by atoms with van der Waals surface area (Å²) in [4.78, 5) is 16.7. The Morgan fingerprint density at radius 1 is 1.04 bits per heavy atom. The SMILES string of the molecule is N/C(Cc1ccc(Cl)cc1Cl)=N\OC(=O)COc1cccc2ccccc12. The molecule has 0 radical (unpaired) electrons. The lowest BCUT2D eigenvalue weighted by Gasteiger charge is -2.08. The molecule has 5 nitrogen and oxygen atoms in total. The highest BCUT2D eigenvalue weighted by atomic mass is 35.5. The van der Waals surface area contributed by atoms with E-state index in [9.17, 15) is 4.79 Å². The van der Waals surface area contributed by atoms with Crippen LogP contribution in [0.2, 0.25) is 10.0 Å². The first kappa shape index (κ1) is 19.0. The smallest absolute Gasteiger partial charge is 0.372 e. The number of oxime groups is 1. The van der Waals surface area contributed by atoms with Gasteiger partial charge in [0.1, 0.15) is 11.6 Å². The minimum absolute atomic E-state index is 0.109. The van der Waals surface area contributed by atoms with Crippen LogP contribution < -0.4 is 10.5 Å². The zero-order valence-electron chi connectivity index (χ0n) is 14.2. The van der Waals surface area contributed by atoms with E-state index in [-0.39, 0.29) is 18.9 Å². The van der Waals surface area contributed by atoms with Gasteiger partial charge in [-0.05, 0) is 29.1 Å². The quantitative estimate of drug-likeness (QED) is 0.283. The lowest BCUT2D eigenvalue weighted by molar-refractivity contribution is -0.146. The molecule has 0 amide bonds. The van der Waals surface area contributed by atoms with Crippen molar-refractivity contribution in [2.75, 3.05) is 6.61 Å². The van der Waals surface area contributed by atoms with Gasteiger partial charge in [-0.15, -0.1) is 0 Å². The highest BCUT2D eigenvalue weighted by Gasteiger charge is 2.09. The van der Waals surface area contributed by atoms with E-state index in [1.165, 1.54) is 0 Å². The van der Waals surface area contributed by atoms with Crippen LogP contribution in [0.4, 0.5) is 0 Å². The minimum Gasteiger partial charge on any atom is -0.481 e. The van der Waals surface area contributed by atoms with E-state index >= 15 is 0 Å². The molecule has 3 aromatic carbocycles. The van der Waals surface area contributed by atoms with Gasteiger partial charge in [-0.2, -0.15) is 0 Å². The molecule has 0 aromatic heterocycles. The normalized spacial score (nSPS) is 11.4. The van der Waals surface area contributed by atoms with E-state index in [0.29, 0.717) is 15.8 Å². The fourth-order valence-electron chi connectivity index (χ4n) is 2.49. The van der Waals surface area contributed by atoms with Crippen LogP contribution in [0.3, 0.4) is 0 Å². The Labute approximate surface area is 166 Å². The van der Waals surface area contributed by atoms with Gasteiger partial charge in [-0.25, -0.2) is 4.79 Å². The Hall–Kier alpha value is -2.76. The van der Waals surface area contributed by atoms with Crippen molar-refractivity contribution in [1.82, 2.24) is 0 Å². The number of carbonyl (C=O) groups is 1. The predicted octanol–water partition coefficient (Wildman–Crippen LogP) is 4.58. The summed E-state index contributed by atoms with van der Waals surface area (Å²) in [6.07, 6.45) is 0.230. The number of nitrogens with zero attached hydrogens (tertiary/aromatic N) is 1. The summed E-state index contributed by atoms with van der Waals surface area (Å²) in [5.74, 6) is 0.0424. The van der Waals surface area contributed by atoms with E-state index < -0.39 is 5.97 Å². The summed E-state index contributed by atoms with van der Waals surface area (Å²) in [5.41, 5.74) is 6.51. The minimum atomic E-state index is -0.659. The third-order valence-corrected chi connectivity index (χ3v) is 4.33. The van der Waals surface area contributed by atoms with Gasteiger partial charge in [-0.1, -0.05) is 70.8 Å². The number of carbonyl (C=O) groups excluding carboxylic acids is 1. The number of amidine groups is 1. The fraction of sp³-hybridized carbons (Fsp3) is 0.100. The first-order chi connectivity index (χ1) is 13.0. The molecule has 0 aliphatic carbocycles. The zero-order chi connectivity index (χ0) is 19.2. The van der Waals surface area contributed by atoms with Crippen molar-refractivity contribution in [3.8, 4) is 5.75 Å². The van der Waals surface area contributed by atoms with Crippen LogP contribution >= 0.6 is 23.2 Å². The number of halogens is 2. The van der Waals surface area contributed by atoms with Crippen molar-refractivity contribution in [2.45, 2.75) is 6.42 Å². The maximum Gasteiger partial charge on any atom is 0.372 e. The van der Waals surface area contributed by atoms with Crippen LogP contribution in [-0.2, 0) is 16.1 Å². The van der Waals surface area contributed by atoms with E-state index in [4.69, 9.17) is 38.5 Å². The Kier molecular flexibility index (Phi) is 6.16. The molecule has 3 aromatic rings. The predicted molar refractivity (Wildman–Crippen MR) is 107 cm³/mol. The molecule has 138 valence electrons. The summed E-state index contributed by atoms with van der Waals surface area (Å²) < 4.78 is 5.54. The Morgan fingerprint density at radius 2 is 1.81 bits per heavy atom. The number of nitrogens with two attached hydrogens (primary N) is 1. The van der Waals surface area contributed by atoms with Gasteiger partial charge in [0.15, 0.2) is 6.61 Å². The van der Waals surface area contributed by atoms with Crippen molar-refractivity contribution in [2.24, 2.45) is 10.9 Å².